The summed E-state index contributed by atoms with van der Waals surface area (Å²) in [5.74, 6) is 0. The molecular weight excluding hydrogens is 262 g/mol. The molecule has 0 spiro atoms. The van der Waals surface area contributed by atoms with Crippen LogP contribution in [0.25, 0.3) is 0 Å². The minimum Gasteiger partial charge on any atom is -0.396 e. The predicted octanol–water partition coefficient (Wildman–Crippen LogP) is 2.75. The van der Waals surface area contributed by atoms with Gasteiger partial charge in [-0.2, -0.15) is 5.10 Å². The number of aromatic nitrogens is 2. The summed E-state index contributed by atoms with van der Waals surface area (Å²) < 4.78 is 1.93. The van der Waals surface area contributed by atoms with Gasteiger partial charge in [-0.1, -0.05) is 32.4 Å². The maximum atomic E-state index is 9.17. The number of hydrogen-bond donors (Lipinski definition) is 2. The van der Waals surface area contributed by atoms with Crippen LogP contribution in [0.4, 0.5) is 0 Å². The zero-order valence-electron chi connectivity index (χ0n) is 12.6. The molecule has 1 aromatic heterocycles. The van der Waals surface area contributed by atoms with Gasteiger partial charge in [0.15, 0.2) is 0 Å². The molecule has 0 saturated heterocycles. The first-order valence-electron chi connectivity index (χ1n) is 6.87. The number of halogens is 1. The van der Waals surface area contributed by atoms with Gasteiger partial charge in [-0.05, 0) is 25.7 Å². The van der Waals surface area contributed by atoms with E-state index in [2.05, 4.69) is 38.1 Å². The van der Waals surface area contributed by atoms with Crippen LogP contribution < -0.4 is 5.32 Å². The summed E-state index contributed by atoms with van der Waals surface area (Å²) in [6, 6.07) is 0.245. The summed E-state index contributed by atoms with van der Waals surface area (Å²) in [5.41, 5.74) is 1.99. The van der Waals surface area contributed by atoms with Crippen LogP contribution in [-0.4, -0.2) is 27.5 Å². The highest BCUT2D eigenvalue weighted by Crippen LogP contribution is 2.24. The average Bonchev–Trinajstić information content (AvgIpc) is 2.59. The van der Waals surface area contributed by atoms with Crippen LogP contribution in [0.5, 0.6) is 0 Å². The molecule has 110 valence electrons. The normalized spacial score (nSPS) is 13.8. The van der Waals surface area contributed by atoms with Gasteiger partial charge in [0.1, 0.15) is 0 Å². The number of rotatable bonds is 6. The first kappa shape index (κ1) is 16.5. The molecule has 0 saturated carbocycles. The molecule has 0 fully saturated rings. The average molecular weight is 288 g/mol. The number of aliphatic hydroxyl groups excluding tert-OH is 1. The maximum absolute atomic E-state index is 9.17. The second-order valence-electron chi connectivity index (χ2n) is 5.97. The fourth-order valence-corrected chi connectivity index (χ4v) is 2.43. The second-order valence-corrected chi connectivity index (χ2v) is 6.35. The quantitative estimate of drug-likeness (QED) is 0.846. The van der Waals surface area contributed by atoms with Gasteiger partial charge in [0.2, 0.25) is 0 Å². The van der Waals surface area contributed by atoms with E-state index in [1.54, 1.807) is 0 Å². The van der Waals surface area contributed by atoms with Gasteiger partial charge >= 0.3 is 0 Å². The monoisotopic (exact) mass is 287 g/mol. The summed E-state index contributed by atoms with van der Waals surface area (Å²) in [5, 5.41) is 17.8. The Morgan fingerprint density at radius 1 is 1.42 bits per heavy atom. The predicted molar refractivity (Wildman–Crippen MR) is 79.4 cm³/mol. The Balaban J connectivity index is 2.79. The molecule has 1 unspecified atom stereocenters. The lowest BCUT2D eigenvalue weighted by Crippen LogP contribution is -2.41. The van der Waals surface area contributed by atoms with Crippen molar-refractivity contribution < 1.29 is 5.11 Å². The van der Waals surface area contributed by atoms with Crippen molar-refractivity contribution >= 4 is 11.6 Å². The van der Waals surface area contributed by atoms with E-state index in [-0.39, 0.29) is 18.1 Å². The Hall–Kier alpha value is -0.580. The minimum absolute atomic E-state index is 0.0985. The zero-order chi connectivity index (χ0) is 14.6. The molecular formula is C14H26ClN3O. The number of nitrogens with zero attached hydrogens (tertiary/aromatic N) is 2. The molecule has 5 heteroatoms. The molecule has 0 bridgehead atoms. The van der Waals surface area contributed by atoms with Crippen LogP contribution in [-0.2, 0) is 13.1 Å². The molecule has 4 nitrogen and oxygen atoms in total. The van der Waals surface area contributed by atoms with Crippen molar-refractivity contribution in [3.8, 4) is 0 Å². The van der Waals surface area contributed by atoms with E-state index in [0.29, 0.717) is 6.54 Å². The van der Waals surface area contributed by atoms with E-state index >= 15 is 0 Å². The van der Waals surface area contributed by atoms with Crippen molar-refractivity contribution in [1.82, 2.24) is 15.1 Å². The third-order valence-corrected chi connectivity index (χ3v) is 3.92. The largest absolute Gasteiger partial charge is 0.396 e. The third kappa shape index (κ3) is 4.20. The maximum Gasteiger partial charge on any atom is 0.0860 e. The lowest BCUT2D eigenvalue weighted by atomic mass is 9.85. The Labute approximate surface area is 121 Å². The standard InChI is InChI=1S/C14H26ClN3O/c1-6-18-11(13(15)10(2)17-18)9-16-12(7-8-19)14(3,4)5/h12,16,19H,6-9H2,1-5H3. The molecule has 1 rings (SSSR count). The molecule has 1 atom stereocenters. The molecule has 19 heavy (non-hydrogen) atoms. The van der Waals surface area contributed by atoms with Crippen LogP contribution in [0.15, 0.2) is 0 Å². The van der Waals surface area contributed by atoms with Crippen LogP contribution in [0.1, 0.15) is 45.5 Å². The Bertz CT molecular complexity index is 410. The highest BCUT2D eigenvalue weighted by atomic mass is 35.5. The van der Waals surface area contributed by atoms with E-state index in [9.17, 15) is 5.11 Å². The molecule has 2 N–H and O–H groups in total. The van der Waals surface area contributed by atoms with Crippen molar-refractivity contribution in [2.24, 2.45) is 5.41 Å². The van der Waals surface area contributed by atoms with Gasteiger partial charge in [0.25, 0.3) is 0 Å². The Morgan fingerprint density at radius 3 is 2.53 bits per heavy atom. The molecule has 1 heterocycles. The molecule has 0 amide bonds. The van der Waals surface area contributed by atoms with Gasteiger partial charge in [-0.15, -0.1) is 0 Å². The molecule has 0 aromatic carbocycles. The first-order valence-corrected chi connectivity index (χ1v) is 7.25. The topological polar surface area (TPSA) is 50.1 Å². The smallest absolute Gasteiger partial charge is 0.0860 e. The Morgan fingerprint density at radius 2 is 2.05 bits per heavy atom. The van der Waals surface area contributed by atoms with Gasteiger partial charge in [0, 0.05) is 25.7 Å². The van der Waals surface area contributed by atoms with Gasteiger partial charge in [0.05, 0.1) is 16.4 Å². The van der Waals surface area contributed by atoms with Gasteiger partial charge in [-0.25, -0.2) is 0 Å². The highest BCUT2D eigenvalue weighted by Gasteiger charge is 2.24. The summed E-state index contributed by atoms with van der Waals surface area (Å²) in [7, 11) is 0. The number of aliphatic hydroxyl groups is 1. The fraction of sp³-hybridized carbons (Fsp3) is 0.786. The van der Waals surface area contributed by atoms with Crippen molar-refractivity contribution in [2.45, 2.75) is 60.2 Å². The highest BCUT2D eigenvalue weighted by molar-refractivity contribution is 6.31. The van der Waals surface area contributed by atoms with Crippen molar-refractivity contribution in [1.29, 1.82) is 0 Å². The van der Waals surface area contributed by atoms with Crippen molar-refractivity contribution in [2.75, 3.05) is 6.61 Å². The van der Waals surface area contributed by atoms with Gasteiger partial charge < -0.3 is 10.4 Å². The fourth-order valence-electron chi connectivity index (χ4n) is 2.23. The van der Waals surface area contributed by atoms with Crippen LogP contribution in [0, 0.1) is 12.3 Å². The molecule has 0 radical (unpaired) electrons. The SMILES string of the molecule is CCn1nc(C)c(Cl)c1CNC(CCO)C(C)(C)C. The number of aryl methyl sites for hydroxylation is 2. The number of nitrogens with one attached hydrogen (secondary N) is 1. The molecule has 0 aliphatic carbocycles. The van der Waals surface area contributed by atoms with E-state index in [0.717, 1.165) is 29.4 Å². The van der Waals surface area contributed by atoms with Crippen LogP contribution >= 0.6 is 11.6 Å². The van der Waals surface area contributed by atoms with E-state index in [4.69, 9.17) is 11.6 Å². The molecule has 0 aliphatic heterocycles. The summed E-state index contributed by atoms with van der Waals surface area (Å²) >= 11 is 6.29. The summed E-state index contributed by atoms with van der Waals surface area (Å²) in [6.07, 6.45) is 0.736. The molecule has 0 aliphatic rings. The lowest BCUT2D eigenvalue weighted by molar-refractivity contribution is 0.195. The zero-order valence-corrected chi connectivity index (χ0v) is 13.4. The lowest BCUT2D eigenvalue weighted by Gasteiger charge is -2.31. The van der Waals surface area contributed by atoms with E-state index in [1.807, 2.05) is 11.6 Å². The van der Waals surface area contributed by atoms with Crippen LogP contribution in [0.2, 0.25) is 5.02 Å². The summed E-state index contributed by atoms with van der Waals surface area (Å²) in [6.45, 7) is 12.2. The molecule has 1 aromatic rings. The third-order valence-electron chi connectivity index (χ3n) is 3.43. The number of hydrogen-bond acceptors (Lipinski definition) is 3. The minimum atomic E-state index is 0.0985. The second kappa shape index (κ2) is 6.73. The summed E-state index contributed by atoms with van der Waals surface area (Å²) in [4.78, 5) is 0. The van der Waals surface area contributed by atoms with Crippen molar-refractivity contribution in [3.05, 3.63) is 16.4 Å². The van der Waals surface area contributed by atoms with Crippen LogP contribution in [0.3, 0.4) is 0 Å². The van der Waals surface area contributed by atoms with Gasteiger partial charge in [-0.3, -0.25) is 4.68 Å². The van der Waals surface area contributed by atoms with E-state index < -0.39 is 0 Å². The Kier molecular flexibility index (Phi) is 5.83. The van der Waals surface area contributed by atoms with Crippen molar-refractivity contribution in [3.63, 3.8) is 0 Å². The first-order chi connectivity index (χ1) is 8.81. The van der Waals surface area contributed by atoms with E-state index in [1.165, 1.54) is 0 Å².